The Kier molecular flexibility index (Phi) is 3.83. The maximum atomic E-state index is 11.9. The van der Waals surface area contributed by atoms with Gasteiger partial charge in [0.25, 0.3) is 0 Å². The first-order valence-electron chi connectivity index (χ1n) is 6.49. The SMILES string of the molecule is Cc1ccc(-c2nccn2CCC(=O)Nc2nccs2)o1. The van der Waals surface area contributed by atoms with Gasteiger partial charge in [0.1, 0.15) is 5.76 Å². The van der Waals surface area contributed by atoms with E-state index in [0.29, 0.717) is 23.9 Å². The third-order valence-electron chi connectivity index (χ3n) is 2.93. The van der Waals surface area contributed by atoms with Crippen molar-refractivity contribution in [3.05, 3.63) is 41.9 Å². The Morgan fingerprint density at radius 1 is 1.38 bits per heavy atom. The Hall–Kier alpha value is -2.41. The monoisotopic (exact) mass is 302 g/mol. The number of nitrogens with zero attached hydrogens (tertiary/aromatic N) is 3. The highest BCUT2D eigenvalue weighted by molar-refractivity contribution is 7.13. The topological polar surface area (TPSA) is 73.0 Å². The van der Waals surface area contributed by atoms with Gasteiger partial charge in [0, 0.05) is 36.9 Å². The van der Waals surface area contributed by atoms with Crippen LogP contribution < -0.4 is 5.32 Å². The van der Waals surface area contributed by atoms with E-state index in [1.54, 1.807) is 12.4 Å². The van der Waals surface area contributed by atoms with Crippen LogP contribution >= 0.6 is 11.3 Å². The lowest BCUT2D eigenvalue weighted by Gasteiger charge is -2.06. The maximum absolute atomic E-state index is 11.9. The second-order valence-electron chi connectivity index (χ2n) is 4.49. The number of nitrogens with one attached hydrogen (secondary N) is 1. The molecule has 0 aromatic carbocycles. The molecule has 1 amide bonds. The molecule has 0 radical (unpaired) electrons. The average molecular weight is 302 g/mol. The van der Waals surface area contributed by atoms with Crippen LogP contribution in [0.15, 0.2) is 40.5 Å². The molecule has 0 saturated heterocycles. The summed E-state index contributed by atoms with van der Waals surface area (Å²) in [7, 11) is 0. The number of anilines is 1. The molecule has 3 rings (SSSR count). The van der Waals surface area contributed by atoms with Gasteiger partial charge < -0.3 is 14.3 Å². The van der Waals surface area contributed by atoms with Crippen LogP contribution in [0.2, 0.25) is 0 Å². The van der Waals surface area contributed by atoms with E-state index >= 15 is 0 Å². The summed E-state index contributed by atoms with van der Waals surface area (Å²) in [5, 5.41) is 5.20. The number of aromatic nitrogens is 3. The zero-order valence-corrected chi connectivity index (χ0v) is 12.3. The van der Waals surface area contributed by atoms with Gasteiger partial charge >= 0.3 is 0 Å². The van der Waals surface area contributed by atoms with Crippen LogP contribution in [0.25, 0.3) is 11.6 Å². The molecule has 7 heteroatoms. The fraction of sp³-hybridized carbons (Fsp3) is 0.214. The molecule has 0 unspecified atom stereocenters. The Balaban J connectivity index is 1.63. The van der Waals surface area contributed by atoms with Crippen molar-refractivity contribution < 1.29 is 9.21 Å². The standard InChI is InChI=1S/C14H14N4O2S/c1-10-2-3-11(20-10)13-15-5-8-18(13)7-4-12(19)17-14-16-6-9-21-14/h2-3,5-6,8-9H,4,7H2,1H3,(H,16,17,19). The molecule has 0 aliphatic rings. The van der Waals surface area contributed by atoms with E-state index in [2.05, 4.69) is 15.3 Å². The fourth-order valence-electron chi connectivity index (χ4n) is 1.96. The number of carbonyl (C=O) groups is 1. The number of carbonyl (C=O) groups excluding carboxylic acids is 1. The van der Waals surface area contributed by atoms with Gasteiger partial charge in [0.15, 0.2) is 16.7 Å². The summed E-state index contributed by atoms with van der Waals surface area (Å²) in [6.07, 6.45) is 5.55. The Morgan fingerprint density at radius 3 is 3.00 bits per heavy atom. The van der Waals surface area contributed by atoms with Crippen LogP contribution in [0.5, 0.6) is 0 Å². The molecule has 0 spiro atoms. The molecule has 3 aromatic rings. The Morgan fingerprint density at radius 2 is 2.29 bits per heavy atom. The van der Waals surface area contributed by atoms with Crippen LogP contribution in [0.1, 0.15) is 12.2 Å². The molecule has 0 aliphatic heterocycles. The zero-order chi connectivity index (χ0) is 14.7. The number of hydrogen-bond donors (Lipinski definition) is 1. The summed E-state index contributed by atoms with van der Waals surface area (Å²) < 4.78 is 7.47. The fourth-order valence-corrected chi connectivity index (χ4v) is 2.50. The average Bonchev–Trinajstić information content (AvgIpc) is 3.17. The minimum atomic E-state index is -0.0692. The molecule has 0 aliphatic carbocycles. The minimum Gasteiger partial charge on any atom is -0.458 e. The molecule has 1 N–H and O–H groups in total. The van der Waals surface area contributed by atoms with Gasteiger partial charge in [-0.3, -0.25) is 4.79 Å². The predicted octanol–water partition coefficient (Wildman–Crippen LogP) is 2.94. The smallest absolute Gasteiger partial charge is 0.227 e. The third-order valence-corrected chi connectivity index (χ3v) is 3.62. The molecule has 6 nitrogen and oxygen atoms in total. The molecule has 108 valence electrons. The van der Waals surface area contributed by atoms with Gasteiger partial charge in [-0.05, 0) is 19.1 Å². The van der Waals surface area contributed by atoms with E-state index in [9.17, 15) is 4.79 Å². The van der Waals surface area contributed by atoms with E-state index in [1.165, 1.54) is 11.3 Å². The summed E-state index contributed by atoms with van der Waals surface area (Å²) in [6, 6.07) is 3.77. The van der Waals surface area contributed by atoms with Crippen molar-refractivity contribution in [1.82, 2.24) is 14.5 Å². The molecule has 3 aromatic heterocycles. The first-order valence-corrected chi connectivity index (χ1v) is 7.37. The predicted molar refractivity (Wildman–Crippen MR) is 80.0 cm³/mol. The lowest BCUT2D eigenvalue weighted by atomic mass is 10.3. The lowest BCUT2D eigenvalue weighted by Crippen LogP contribution is -2.14. The molecule has 21 heavy (non-hydrogen) atoms. The van der Waals surface area contributed by atoms with Crippen LogP contribution in [0.3, 0.4) is 0 Å². The van der Waals surface area contributed by atoms with Crippen molar-refractivity contribution >= 4 is 22.4 Å². The molecule has 0 atom stereocenters. The third kappa shape index (κ3) is 3.19. The van der Waals surface area contributed by atoms with Crippen molar-refractivity contribution in [3.63, 3.8) is 0 Å². The van der Waals surface area contributed by atoms with E-state index in [4.69, 9.17) is 4.42 Å². The van der Waals surface area contributed by atoms with E-state index in [-0.39, 0.29) is 5.91 Å². The van der Waals surface area contributed by atoms with Gasteiger partial charge in [-0.15, -0.1) is 11.3 Å². The van der Waals surface area contributed by atoms with E-state index < -0.39 is 0 Å². The van der Waals surface area contributed by atoms with Crippen molar-refractivity contribution in [2.45, 2.75) is 19.9 Å². The normalized spacial score (nSPS) is 10.7. The number of furan rings is 1. The highest BCUT2D eigenvalue weighted by Crippen LogP contribution is 2.20. The Labute approximate surface area is 125 Å². The quantitative estimate of drug-likeness (QED) is 0.786. The summed E-state index contributed by atoms with van der Waals surface area (Å²) in [4.78, 5) is 20.2. The number of amides is 1. The van der Waals surface area contributed by atoms with Gasteiger partial charge in [0.2, 0.25) is 5.91 Å². The summed E-state index contributed by atoms with van der Waals surface area (Å²) in [6.45, 7) is 2.42. The second-order valence-corrected chi connectivity index (χ2v) is 5.38. The largest absolute Gasteiger partial charge is 0.458 e. The highest BCUT2D eigenvalue weighted by atomic mass is 32.1. The number of thiazole rings is 1. The summed E-state index contributed by atoms with van der Waals surface area (Å²) in [5.41, 5.74) is 0. The molecule has 0 bridgehead atoms. The van der Waals surface area contributed by atoms with Gasteiger partial charge in [-0.1, -0.05) is 0 Å². The number of imidazole rings is 1. The van der Waals surface area contributed by atoms with Gasteiger partial charge in [0.05, 0.1) is 0 Å². The van der Waals surface area contributed by atoms with Crippen LogP contribution in [0.4, 0.5) is 5.13 Å². The van der Waals surface area contributed by atoms with Gasteiger partial charge in [-0.25, -0.2) is 9.97 Å². The number of rotatable bonds is 5. The Bertz CT molecular complexity index is 730. The van der Waals surface area contributed by atoms with Crippen LogP contribution in [-0.2, 0) is 11.3 Å². The van der Waals surface area contributed by atoms with E-state index in [1.807, 2.05) is 35.2 Å². The zero-order valence-electron chi connectivity index (χ0n) is 11.4. The van der Waals surface area contributed by atoms with Crippen molar-refractivity contribution in [2.75, 3.05) is 5.32 Å². The van der Waals surface area contributed by atoms with Gasteiger partial charge in [-0.2, -0.15) is 0 Å². The highest BCUT2D eigenvalue weighted by Gasteiger charge is 2.11. The van der Waals surface area contributed by atoms with Crippen LogP contribution in [-0.4, -0.2) is 20.4 Å². The van der Waals surface area contributed by atoms with Crippen molar-refractivity contribution in [2.24, 2.45) is 0 Å². The lowest BCUT2D eigenvalue weighted by molar-refractivity contribution is -0.116. The molecule has 0 saturated carbocycles. The van der Waals surface area contributed by atoms with Crippen molar-refractivity contribution in [3.8, 4) is 11.6 Å². The van der Waals surface area contributed by atoms with Crippen LogP contribution in [0, 0.1) is 6.92 Å². The molecule has 0 fully saturated rings. The summed E-state index contributed by atoms with van der Waals surface area (Å²) in [5.74, 6) is 2.20. The molecule has 3 heterocycles. The first-order chi connectivity index (χ1) is 10.2. The molecular formula is C14H14N4O2S. The summed E-state index contributed by atoms with van der Waals surface area (Å²) >= 11 is 1.40. The minimum absolute atomic E-state index is 0.0692. The van der Waals surface area contributed by atoms with Crippen molar-refractivity contribution in [1.29, 1.82) is 0 Å². The number of hydrogen-bond acceptors (Lipinski definition) is 5. The maximum Gasteiger partial charge on any atom is 0.227 e. The first kappa shape index (κ1) is 13.6. The second kappa shape index (κ2) is 5.92. The molecular weight excluding hydrogens is 288 g/mol. The van der Waals surface area contributed by atoms with E-state index in [0.717, 1.165) is 11.6 Å². The number of aryl methyl sites for hydroxylation is 2.